The number of carbonyl (C=O) groups excluding carboxylic acids is 3. The first kappa shape index (κ1) is 22.3. The maximum Gasteiger partial charge on any atom is 0.344 e. The van der Waals surface area contributed by atoms with Crippen LogP contribution < -0.4 is 15.4 Å². The third-order valence-corrected chi connectivity index (χ3v) is 4.29. The van der Waals surface area contributed by atoms with Gasteiger partial charge in [-0.3, -0.25) is 10.1 Å². The molecule has 0 radical (unpaired) electrons. The Bertz CT molecular complexity index is 864. The second-order valence-corrected chi connectivity index (χ2v) is 6.96. The fraction of sp³-hybridized carbons (Fsp3) is 0.350. The predicted molar refractivity (Wildman–Crippen MR) is 106 cm³/mol. The van der Waals surface area contributed by atoms with E-state index in [9.17, 15) is 14.4 Å². The molecule has 2 N–H and O–H groups in total. The lowest BCUT2D eigenvalue weighted by molar-refractivity contribution is -0.150. The molecule has 0 unspecified atom stereocenters. The summed E-state index contributed by atoms with van der Waals surface area (Å²) in [6.45, 7) is 4.93. The number of esters is 1. The maximum absolute atomic E-state index is 11.9. The lowest BCUT2D eigenvalue weighted by Crippen LogP contribution is -2.41. The lowest BCUT2D eigenvalue weighted by Gasteiger charge is -2.15. The number of hydrogen-bond acceptors (Lipinski definition) is 6. The van der Waals surface area contributed by atoms with Crippen LogP contribution >= 0.6 is 11.6 Å². The van der Waals surface area contributed by atoms with Gasteiger partial charge in [-0.05, 0) is 48.2 Å². The van der Waals surface area contributed by atoms with Crippen LogP contribution in [0.5, 0.6) is 5.75 Å². The Labute approximate surface area is 173 Å². The third-order valence-electron chi connectivity index (χ3n) is 3.88. The van der Waals surface area contributed by atoms with Crippen molar-refractivity contribution in [2.75, 3.05) is 13.2 Å². The summed E-state index contributed by atoms with van der Waals surface area (Å²) in [6.07, 6.45) is 1.47. The van der Waals surface area contributed by atoms with E-state index in [2.05, 4.69) is 5.32 Å². The number of nitrogens with one attached hydrogen (secondary N) is 2. The minimum absolute atomic E-state index is 0.123. The van der Waals surface area contributed by atoms with Crippen molar-refractivity contribution >= 4 is 29.5 Å². The Hall–Kier alpha value is -3.00. The summed E-state index contributed by atoms with van der Waals surface area (Å²) >= 11 is 6.14. The van der Waals surface area contributed by atoms with Gasteiger partial charge < -0.3 is 19.2 Å². The summed E-state index contributed by atoms with van der Waals surface area (Å²) in [4.78, 5) is 35.1. The SMILES string of the molecule is Cc1cc(OCC(=O)OCC(=O)NC(=O)NCc2ccco2)c(C(C)C)cc1Cl. The number of rotatable bonds is 8. The molecular weight excluding hydrogens is 400 g/mol. The summed E-state index contributed by atoms with van der Waals surface area (Å²) in [6, 6.07) is 6.18. The topological polar surface area (TPSA) is 107 Å². The zero-order valence-electron chi connectivity index (χ0n) is 16.4. The molecule has 29 heavy (non-hydrogen) atoms. The number of halogens is 1. The number of hydrogen-bond donors (Lipinski definition) is 2. The molecule has 0 aliphatic rings. The quantitative estimate of drug-likeness (QED) is 0.632. The highest BCUT2D eigenvalue weighted by atomic mass is 35.5. The van der Waals surface area contributed by atoms with Crippen LogP contribution in [-0.2, 0) is 20.9 Å². The second-order valence-electron chi connectivity index (χ2n) is 6.55. The Balaban J connectivity index is 1.75. The standard InChI is InChI=1S/C20H23ClN2O6/c1-12(2)15-8-16(21)13(3)7-17(15)28-11-19(25)29-10-18(24)23-20(26)22-9-14-5-4-6-27-14/h4-8,12H,9-11H2,1-3H3,(H2,22,23,24,26). The molecule has 0 spiro atoms. The van der Waals surface area contributed by atoms with E-state index in [4.69, 9.17) is 25.5 Å². The van der Waals surface area contributed by atoms with Crippen LogP contribution in [0.15, 0.2) is 34.9 Å². The van der Waals surface area contributed by atoms with Gasteiger partial charge >= 0.3 is 12.0 Å². The van der Waals surface area contributed by atoms with Gasteiger partial charge in [-0.25, -0.2) is 9.59 Å². The number of amides is 3. The molecule has 0 aliphatic heterocycles. The van der Waals surface area contributed by atoms with Crippen molar-refractivity contribution < 1.29 is 28.3 Å². The van der Waals surface area contributed by atoms with E-state index in [-0.39, 0.29) is 19.1 Å². The molecule has 1 aromatic carbocycles. The molecule has 156 valence electrons. The van der Waals surface area contributed by atoms with Crippen molar-refractivity contribution in [2.45, 2.75) is 33.2 Å². The van der Waals surface area contributed by atoms with E-state index < -0.39 is 24.5 Å². The van der Waals surface area contributed by atoms with Gasteiger partial charge in [0.05, 0.1) is 12.8 Å². The molecule has 0 aliphatic carbocycles. The molecule has 2 rings (SSSR count). The minimum Gasteiger partial charge on any atom is -0.482 e. The third kappa shape index (κ3) is 7.15. The number of carbonyl (C=O) groups is 3. The molecule has 0 atom stereocenters. The van der Waals surface area contributed by atoms with Crippen LogP contribution in [0.4, 0.5) is 4.79 Å². The van der Waals surface area contributed by atoms with Gasteiger partial charge in [0.1, 0.15) is 11.5 Å². The van der Waals surface area contributed by atoms with Gasteiger partial charge in [0.2, 0.25) is 0 Å². The normalized spacial score (nSPS) is 10.5. The predicted octanol–water partition coefficient (Wildman–Crippen LogP) is 3.31. The van der Waals surface area contributed by atoms with Gasteiger partial charge in [0.15, 0.2) is 13.2 Å². The van der Waals surface area contributed by atoms with Crippen molar-refractivity contribution in [2.24, 2.45) is 0 Å². The van der Waals surface area contributed by atoms with Crippen molar-refractivity contribution in [3.8, 4) is 5.75 Å². The first-order chi connectivity index (χ1) is 13.8. The smallest absolute Gasteiger partial charge is 0.344 e. The van der Waals surface area contributed by atoms with Gasteiger partial charge in [-0.2, -0.15) is 0 Å². The summed E-state index contributed by atoms with van der Waals surface area (Å²) in [5, 5.41) is 5.10. The monoisotopic (exact) mass is 422 g/mol. The van der Waals surface area contributed by atoms with Gasteiger partial charge in [0.25, 0.3) is 5.91 Å². The van der Waals surface area contributed by atoms with Gasteiger partial charge in [-0.15, -0.1) is 0 Å². The molecule has 0 bridgehead atoms. The molecule has 1 aromatic heterocycles. The Morgan fingerprint density at radius 2 is 1.97 bits per heavy atom. The first-order valence-electron chi connectivity index (χ1n) is 8.94. The molecule has 8 nitrogen and oxygen atoms in total. The number of urea groups is 1. The molecule has 3 amide bonds. The van der Waals surface area contributed by atoms with E-state index in [0.717, 1.165) is 11.1 Å². The van der Waals surface area contributed by atoms with Crippen LogP contribution in [0.3, 0.4) is 0 Å². The van der Waals surface area contributed by atoms with Crippen molar-refractivity contribution in [3.63, 3.8) is 0 Å². The Morgan fingerprint density at radius 3 is 2.62 bits per heavy atom. The average Bonchev–Trinajstić information content (AvgIpc) is 3.18. The van der Waals surface area contributed by atoms with Gasteiger partial charge in [0, 0.05) is 5.02 Å². The van der Waals surface area contributed by atoms with E-state index in [1.54, 1.807) is 24.3 Å². The first-order valence-corrected chi connectivity index (χ1v) is 9.32. The van der Waals surface area contributed by atoms with E-state index in [1.807, 2.05) is 26.1 Å². The number of ether oxygens (including phenoxy) is 2. The molecular formula is C20H23ClN2O6. The maximum atomic E-state index is 11.9. The summed E-state index contributed by atoms with van der Waals surface area (Å²) in [7, 11) is 0. The Kier molecular flexibility index (Phi) is 8.09. The fourth-order valence-electron chi connectivity index (χ4n) is 2.36. The van der Waals surface area contributed by atoms with Gasteiger partial charge in [-0.1, -0.05) is 25.4 Å². The Morgan fingerprint density at radius 1 is 1.21 bits per heavy atom. The second kappa shape index (κ2) is 10.5. The number of furan rings is 1. The zero-order chi connectivity index (χ0) is 21.4. The summed E-state index contributed by atoms with van der Waals surface area (Å²) in [5.74, 6) is -0.293. The summed E-state index contributed by atoms with van der Waals surface area (Å²) in [5.41, 5.74) is 1.68. The number of aryl methyl sites for hydroxylation is 1. The molecule has 0 fully saturated rings. The van der Waals surface area contributed by atoms with Crippen LogP contribution in [0.1, 0.15) is 36.7 Å². The molecule has 9 heteroatoms. The van der Waals surface area contributed by atoms with E-state index in [0.29, 0.717) is 16.5 Å². The van der Waals surface area contributed by atoms with Crippen LogP contribution in [0, 0.1) is 6.92 Å². The largest absolute Gasteiger partial charge is 0.482 e. The molecule has 1 heterocycles. The highest BCUT2D eigenvalue weighted by Crippen LogP contribution is 2.31. The van der Waals surface area contributed by atoms with Crippen LogP contribution in [0.25, 0.3) is 0 Å². The minimum atomic E-state index is -0.763. The zero-order valence-corrected chi connectivity index (χ0v) is 17.2. The molecule has 0 saturated carbocycles. The van der Waals surface area contributed by atoms with Crippen molar-refractivity contribution in [1.29, 1.82) is 0 Å². The molecule has 2 aromatic rings. The number of imide groups is 1. The van der Waals surface area contributed by atoms with Crippen LogP contribution in [0.2, 0.25) is 5.02 Å². The lowest BCUT2D eigenvalue weighted by atomic mass is 10.0. The highest BCUT2D eigenvalue weighted by Gasteiger charge is 2.15. The fourth-order valence-corrected chi connectivity index (χ4v) is 2.53. The highest BCUT2D eigenvalue weighted by molar-refractivity contribution is 6.31. The van der Waals surface area contributed by atoms with Crippen LogP contribution in [-0.4, -0.2) is 31.1 Å². The van der Waals surface area contributed by atoms with Crippen molar-refractivity contribution in [1.82, 2.24) is 10.6 Å². The number of benzene rings is 1. The van der Waals surface area contributed by atoms with E-state index in [1.165, 1.54) is 6.26 Å². The summed E-state index contributed by atoms with van der Waals surface area (Å²) < 4.78 is 15.4. The molecule has 0 saturated heterocycles. The average molecular weight is 423 g/mol. The van der Waals surface area contributed by atoms with E-state index >= 15 is 0 Å². The van der Waals surface area contributed by atoms with Crippen molar-refractivity contribution in [3.05, 3.63) is 52.4 Å².